The van der Waals surface area contributed by atoms with Crippen molar-refractivity contribution >= 4 is 17.5 Å². The Kier molecular flexibility index (Phi) is 5.11. The van der Waals surface area contributed by atoms with Crippen LogP contribution < -0.4 is 0 Å². The second kappa shape index (κ2) is 7.45. The van der Waals surface area contributed by atoms with Gasteiger partial charge in [0.15, 0.2) is 10.9 Å². The average Bonchev–Trinajstić information content (AvgIpc) is 2.96. The van der Waals surface area contributed by atoms with Crippen LogP contribution in [0.15, 0.2) is 65.8 Å². The van der Waals surface area contributed by atoms with Gasteiger partial charge >= 0.3 is 0 Å². The van der Waals surface area contributed by atoms with Crippen LogP contribution in [0.1, 0.15) is 28.7 Å². The van der Waals surface area contributed by atoms with Gasteiger partial charge in [-0.3, -0.25) is 4.79 Å². The van der Waals surface area contributed by atoms with Crippen LogP contribution in [0.5, 0.6) is 0 Å². The standard InChI is InChI=1S/C19H19N3OS/c1-14(18(23)17-11-7-4-8-12-17)24-19-21-20-15(2)22(19)13-16-9-5-3-6-10-16/h3-12,14H,13H2,1-2H3/t14-/m0/s1. The van der Waals surface area contributed by atoms with Gasteiger partial charge in [-0.2, -0.15) is 0 Å². The Morgan fingerprint density at radius 2 is 1.67 bits per heavy atom. The normalized spacial score (nSPS) is 12.1. The van der Waals surface area contributed by atoms with Gasteiger partial charge in [0.05, 0.1) is 11.8 Å². The third-order valence-corrected chi connectivity index (χ3v) is 4.88. The third-order valence-electron chi connectivity index (χ3n) is 3.80. The van der Waals surface area contributed by atoms with Crippen molar-refractivity contribution in [1.82, 2.24) is 14.8 Å². The molecule has 1 heterocycles. The van der Waals surface area contributed by atoms with E-state index in [1.807, 2.05) is 62.4 Å². The summed E-state index contributed by atoms with van der Waals surface area (Å²) >= 11 is 1.45. The molecule has 0 aliphatic rings. The van der Waals surface area contributed by atoms with Crippen LogP contribution >= 0.6 is 11.8 Å². The summed E-state index contributed by atoms with van der Waals surface area (Å²) in [7, 11) is 0. The highest BCUT2D eigenvalue weighted by Gasteiger charge is 2.20. The average molecular weight is 337 g/mol. The van der Waals surface area contributed by atoms with Crippen LogP contribution in [0.4, 0.5) is 0 Å². The highest BCUT2D eigenvalue weighted by Crippen LogP contribution is 2.25. The van der Waals surface area contributed by atoms with E-state index in [1.165, 1.54) is 17.3 Å². The van der Waals surface area contributed by atoms with E-state index < -0.39 is 0 Å². The number of benzene rings is 2. The topological polar surface area (TPSA) is 47.8 Å². The van der Waals surface area contributed by atoms with E-state index in [0.29, 0.717) is 6.54 Å². The van der Waals surface area contributed by atoms with Crippen molar-refractivity contribution in [1.29, 1.82) is 0 Å². The molecule has 0 aliphatic carbocycles. The number of carbonyl (C=O) groups is 1. The fourth-order valence-corrected chi connectivity index (χ4v) is 3.42. The van der Waals surface area contributed by atoms with Crippen molar-refractivity contribution in [2.75, 3.05) is 0 Å². The van der Waals surface area contributed by atoms with E-state index in [2.05, 4.69) is 26.9 Å². The minimum Gasteiger partial charge on any atom is -0.302 e. The van der Waals surface area contributed by atoms with Gasteiger partial charge in [-0.15, -0.1) is 10.2 Å². The van der Waals surface area contributed by atoms with E-state index in [0.717, 1.165) is 16.5 Å². The number of aryl methyl sites for hydroxylation is 1. The highest BCUT2D eigenvalue weighted by atomic mass is 32.2. The Balaban J connectivity index is 1.77. The van der Waals surface area contributed by atoms with Crippen LogP contribution in [0.25, 0.3) is 0 Å². The summed E-state index contributed by atoms with van der Waals surface area (Å²) in [5.74, 6) is 0.952. The Labute approximate surface area is 145 Å². The molecular weight excluding hydrogens is 318 g/mol. The first-order valence-corrected chi connectivity index (χ1v) is 8.73. The first kappa shape index (κ1) is 16.5. The molecule has 1 aromatic heterocycles. The van der Waals surface area contributed by atoms with Crippen LogP contribution in [-0.4, -0.2) is 25.8 Å². The molecule has 0 saturated carbocycles. The maximum Gasteiger partial charge on any atom is 0.192 e. The number of Topliss-reactive ketones (excluding diaryl/α,β-unsaturated/α-hetero) is 1. The lowest BCUT2D eigenvalue weighted by atomic mass is 10.1. The van der Waals surface area contributed by atoms with Gasteiger partial charge in [-0.05, 0) is 19.4 Å². The highest BCUT2D eigenvalue weighted by molar-refractivity contribution is 8.00. The Morgan fingerprint density at radius 3 is 2.33 bits per heavy atom. The maximum atomic E-state index is 12.5. The molecule has 5 heteroatoms. The van der Waals surface area contributed by atoms with Crippen molar-refractivity contribution in [3.8, 4) is 0 Å². The summed E-state index contributed by atoms with van der Waals surface area (Å²) in [6, 6.07) is 19.6. The van der Waals surface area contributed by atoms with Gasteiger partial charge in [-0.25, -0.2) is 0 Å². The number of nitrogens with zero attached hydrogens (tertiary/aromatic N) is 3. The van der Waals surface area contributed by atoms with Gasteiger partial charge in [0.25, 0.3) is 0 Å². The first-order valence-electron chi connectivity index (χ1n) is 7.85. The van der Waals surface area contributed by atoms with E-state index in [9.17, 15) is 4.79 Å². The lowest BCUT2D eigenvalue weighted by Crippen LogP contribution is -2.15. The summed E-state index contributed by atoms with van der Waals surface area (Å²) < 4.78 is 2.05. The van der Waals surface area contributed by atoms with E-state index >= 15 is 0 Å². The SMILES string of the molecule is Cc1nnc(S[C@@H](C)C(=O)c2ccccc2)n1Cc1ccccc1. The Morgan fingerprint density at radius 1 is 1.04 bits per heavy atom. The predicted molar refractivity (Wildman–Crippen MR) is 96.4 cm³/mol. The molecule has 4 nitrogen and oxygen atoms in total. The zero-order chi connectivity index (χ0) is 16.9. The second-order valence-corrected chi connectivity index (χ2v) is 6.90. The van der Waals surface area contributed by atoms with Crippen molar-refractivity contribution in [2.24, 2.45) is 0 Å². The Hall–Kier alpha value is -2.40. The molecule has 122 valence electrons. The summed E-state index contributed by atoms with van der Waals surface area (Å²) in [4.78, 5) is 12.5. The van der Waals surface area contributed by atoms with Gasteiger partial charge in [-0.1, -0.05) is 72.4 Å². The van der Waals surface area contributed by atoms with Crippen LogP contribution in [-0.2, 0) is 6.54 Å². The van der Waals surface area contributed by atoms with Crippen molar-refractivity contribution in [3.63, 3.8) is 0 Å². The van der Waals surface area contributed by atoms with Gasteiger partial charge in [0.2, 0.25) is 0 Å². The number of aromatic nitrogens is 3. The first-order chi connectivity index (χ1) is 11.6. The maximum absolute atomic E-state index is 12.5. The van der Waals surface area contributed by atoms with Gasteiger partial charge in [0.1, 0.15) is 5.82 Å². The minimum absolute atomic E-state index is 0.104. The van der Waals surface area contributed by atoms with Crippen LogP contribution in [0.3, 0.4) is 0 Å². The lowest BCUT2D eigenvalue weighted by Gasteiger charge is -2.12. The molecule has 0 aliphatic heterocycles. The Bertz CT molecular complexity index is 815. The molecule has 3 aromatic rings. The number of thioether (sulfide) groups is 1. The molecule has 0 N–H and O–H groups in total. The molecule has 0 radical (unpaired) electrons. The molecule has 0 bridgehead atoms. The second-order valence-electron chi connectivity index (χ2n) is 5.59. The number of rotatable bonds is 6. The van der Waals surface area contributed by atoms with Crippen LogP contribution in [0.2, 0.25) is 0 Å². The molecule has 1 atom stereocenters. The molecule has 0 unspecified atom stereocenters. The third kappa shape index (κ3) is 3.74. The molecule has 0 amide bonds. The molecular formula is C19H19N3OS. The van der Waals surface area contributed by atoms with Crippen molar-refractivity contribution in [3.05, 3.63) is 77.6 Å². The lowest BCUT2D eigenvalue weighted by molar-refractivity contribution is 0.0994. The summed E-state index contributed by atoms with van der Waals surface area (Å²) in [6.07, 6.45) is 0. The summed E-state index contributed by atoms with van der Waals surface area (Å²) in [6.45, 7) is 4.55. The molecule has 0 saturated heterocycles. The van der Waals surface area contributed by atoms with Gasteiger partial charge in [0, 0.05) is 5.56 Å². The van der Waals surface area contributed by atoms with E-state index in [1.54, 1.807) is 0 Å². The summed E-state index contributed by atoms with van der Waals surface area (Å²) in [5.41, 5.74) is 1.91. The monoisotopic (exact) mass is 337 g/mol. The number of hydrogen-bond acceptors (Lipinski definition) is 4. The van der Waals surface area contributed by atoms with Crippen molar-refractivity contribution < 1.29 is 4.79 Å². The molecule has 3 rings (SSSR count). The number of hydrogen-bond donors (Lipinski definition) is 0. The summed E-state index contributed by atoms with van der Waals surface area (Å²) in [5, 5.41) is 8.98. The molecule has 2 aromatic carbocycles. The predicted octanol–water partition coefficient (Wildman–Crippen LogP) is 4.00. The number of ketones is 1. The van der Waals surface area contributed by atoms with E-state index in [-0.39, 0.29) is 11.0 Å². The smallest absolute Gasteiger partial charge is 0.192 e. The zero-order valence-electron chi connectivity index (χ0n) is 13.7. The minimum atomic E-state index is -0.217. The largest absolute Gasteiger partial charge is 0.302 e. The van der Waals surface area contributed by atoms with Gasteiger partial charge < -0.3 is 4.57 Å². The quantitative estimate of drug-likeness (QED) is 0.504. The molecule has 0 spiro atoms. The zero-order valence-corrected chi connectivity index (χ0v) is 14.5. The van der Waals surface area contributed by atoms with Crippen molar-refractivity contribution in [2.45, 2.75) is 30.8 Å². The number of carbonyl (C=O) groups excluding carboxylic acids is 1. The van der Waals surface area contributed by atoms with E-state index in [4.69, 9.17) is 0 Å². The molecule has 0 fully saturated rings. The fourth-order valence-electron chi connectivity index (χ4n) is 2.45. The van der Waals surface area contributed by atoms with Crippen LogP contribution in [0, 0.1) is 6.92 Å². The molecule has 24 heavy (non-hydrogen) atoms. The fraction of sp³-hybridized carbons (Fsp3) is 0.211.